The summed E-state index contributed by atoms with van der Waals surface area (Å²) in [5, 5.41) is 13.2. The quantitative estimate of drug-likeness (QED) is 0.661. The zero-order valence-electron chi connectivity index (χ0n) is 17.8. The Hall–Kier alpha value is -2.90. The largest absolute Gasteiger partial charge is 0.356 e. The van der Waals surface area contributed by atoms with Gasteiger partial charge in [0.2, 0.25) is 5.91 Å². The molecule has 0 spiro atoms. The third-order valence-electron chi connectivity index (χ3n) is 5.92. The minimum atomic E-state index is -0.0358. The molecule has 1 aliphatic rings. The smallest absolute Gasteiger partial charge is 0.225 e. The van der Waals surface area contributed by atoms with Gasteiger partial charge in [0.1, 0.15) is 0 Å². The van der Waals surface area contributed by atoms with Crippen LogP contribution < -0.4 is 0 Å². The lowest BCUT2D eigenvalue weighted by molar-refractivity contribution is -0.132. The van der Waals surface area contributed by atoms with Crippen LogP contribution in [0.15, 0.2) is 16.8 Å². The van der Waals surface area contributed by atoms with E-state index >= 15 is 0 Å². The second-order valence-corrected chi connectivity index (χ2v) is 7.95. The highest BCUT2D eigenvalue weighted by atomic mass is 16.5. The van der Waals surface area contributed by atoms with Gasteiger partial charge in [-0.3, -0.25) is 14.2 Å². The van der Waals surface area contributed by atoms with E-state index in [0.717, 1.165) is 47.7 Å². The Bertz CT molecular complexity index is 1040. The summed E-state index contributed by atoms with van der Waals surface area (Å²) < 4.78 is 9.19. The Labute approximate surface area is 170 Å². The van der Waals surface area contributed by atoms with Crippen LogP contribution in [0.5, 0.6) is 0 Å². The van der Waals surface area contributed by atoms with E-state index in [0.29, 0.717) is 18.7 Å². The molecule has 0 N–H and O–H groups in total. The predicted molar refractivity (Wildman–Crippen MR) is 108 cm³/mol. The molecule has 1 amide bonds. The maximum atomic E-state index is 13.1. The van der Waals surface area contributed by atoms with E-state index in [9.17, 15) is 4.79 Å². The van der Waals surface area contributed by atoms with Crippen molar-refractivity contribution in [1.82, 2.24) is 29.6 Å². The van der Waals surface area contributed by atoms with E-state index in [-0.39, 0.29) is 11.9 Å². The summed E-state index contributed by atoms with van der Waals surface area (Å²) in [4.78, 5) is 15.0. The summed E-state index contributed by atoms with van der Waals surface area (Å²) in [6.07, 6.45) is 4.25. The average Bonchev–Trinajstić information content (AvgIpc) is 3.45. The average molecular weight is 396 g/mol. The summed E-state index contributed by atoms with van der Waals surface area (Å²) in [7, 11) is 1.89. The molecule has 0 bridgehead atoms. The van der Waals surface area contributed by atoms with Crippen LogP contribution in [0.3, 0.4) is 0 Å². The van der Waals surface area contributed by atoms with Gasteiger partial charge in [0.15, 0.2) is 5.76 Å². The number of hydrogen-bond donors (Lipinski definition) is 0. The van der Waals surface area contributed by atoms with Gasteiger partial charge >= 0.3 is 0 Å². The SMILES string of the molecule is Cc1cc(-c2cn(C)nc2C2CCCN2C(=O)CCn2nc(C)c(C)c2C)on1. The maximum Gasteiger partial charge on any atom is 0.225 e. The first-order valence-electron chi connectivity index (χ1n) is 10.1. The number of nitrogens with zero attached hydrogens (tertiary/aromatic N) is 6. The molecule has 4 heterocycles. The third-order valence-corrected chi connectivity index (χ3v) is 5.92. The molecule has 8 nitrogen and oxygen atoms in total. The van der Waals surface area contributed by atoms with Crippen molar-refractivity contribution >= 4 is 5.91 Å². The lowest BCUT2D eigenvalue weighted by atomic mass is 10.0. The van der Waals surface area contributed by atoms with Gasteiger partial charge in [0.25, 0.3) is 0 Å². The van der Waals surface area contributed by atoms with Crippen molar-refractivity contribution < 1.29 is 9.32 Å². The van der Waals surface area contributed by atoms with E-state index < -0.39 is 0 Å². The Balaban J connectivity index is 1.53. The maximum absolute atomic E-state index is 13.1. The van der Waals surface area contributed by atoms with Gasteiger partial charge in [-0.1, -0.05) is 5.16 Å². The van der Waals surface area contributed by atoms with Crippen molar-refractivity contribution in [1.29, 1.82) is 0 Å². The molecule has 0 radical (unpaired) electrons. The monoisotopic (exact) mass is 396 g/mol. The molecule has 29 heavy (non-hydrogen) atoms. The number of aromatic nitrogens is 5. The lowest BCUT2D eigenvalue weighted by Gasteiger charge is -2.24. The van der Waals surface area contributed by atoms with E-state index in [4.69, 9.17) is 4.52 Å². The van der Waals surface area contributed by atoms with Crippen LogP contribution in [0.25, 0.3) is 11.3 Å². The van der Waals surface area contributed by atoms with Crippen molar-refractivity contribution in [2.24, 2.45) is 7.05 Å². The second kappa shape index (κ2) is 7.50. The summed E-state index contributed by atoms with van der Waals surface area (Å²) in [6.45, 7) is 9.38. The van der Waals surface area contributed by atoms with Gasteiger partial charge in [-0.15, -0.1) is 0 Å². The highest BCUT2D eigenvalue weighted by Gasteiger charge is 2.34. The number of amides is 1. The summed E-state index contributed by atoms with van der Waals surface area (Å²) in [6, 6.07) is 1.87. The molecule has 8 heteroatoms. The van der Waals surface area contributed by atoms with Crippen LogP contribution >= 0.6 is 0 Å². The number of hydrogen-bond acceptors (Lipinski definition) is 5. The Morgan fingerprint density at radius 2 is 2.03 bits per heavy atom. The van der Waals surface area contributed by atoms with Gasteiger partial charge in [0.05, 0.1) is 28.7 Å². The Morgan fingerprint density at radius 3 is 2.69 bits per heavy atom. The summed E-state index contributed by atoms with van der Waals surface area (Å²) >= 11 is 0. The van der Waals surface area contributed by atoms with Crippen molar-refractivity contribution in [3.8, 4) is 11.3 Å². The zero-order valence-corrected chi connectivity index (χ0v) is 17.8. The summed E-state index contributed by atoms with van der Waals surface area (Å²) in [5.41, 5.74) is 5.96. The van der Waals surface area contributed by atoms with Gasteiger partial charge in [-0.05, 0) is 46.1 Å². The molecular weight excluding hydrogens is 368 g/mol. The molecule has 1 saturated heterocycles. The molecule has 3 aromatic heterocycles. The highest BCUT2D eigenvalue weighted by molar-refractivity contribution is 5.77. The first kappa shape index (κ1) is 19.4. The van der Waals surface area contributed by atoms with Crippen LogP contribution in [0.4, 0.5) is 0 Å². The molecule has 1 fully saturated rings. The molecule has 3 aromatic rings. The molecular formula is C21H28N6O2. The van der Waals surface area contributed by atoms with E-state index in [1.54, 1.807) is 4.68 Å². The van der Waals surface area contributed by atoms with E-state index in [1.165, 1.54) is 5.56 Å². The first-order chi connectivity index (χ1) is 13.8. The lowest BCUT2D eigenvalue weighted by Crippen LogP contribution is -2.31. The van der Waals surface area contributed by atoms with Crippen LogP contribution in [0.2, 0.25) is 0 Å². The number of rotatable bonds is 5. The fourth-order valence-corrected chi connectivity index (χ4v) is 4.13. The number of carbonyl (C=O) groups is 1. The highest BCUT2D eigenvalue weighted by Crippen LogP contribution is 2.37. The molecule has 4 rings (SSSR count). The third kappa shape index (κ3) is 3.59. The Morgan fingerprint density at radius 1 is 1.24 bits per heavy atom. The van der Waals surface area contributed by atoms with Gasteiger partial charge in [-0.25, -0.2) is 0 Å². The molecule has 0 saturated carbocycles. The molecule has 0 aliphatic carbocycles. The van der Waals surface area contributed by atoms with Crippen LogP contribution in [-0.2, 0) is 18.4 Å². The van der Waals surface area contributed by atoms with Gasteiger partial charge in [0, 0.05) is 44.5 Å². The first-order valence-corrected chi connectivity index (χ1v) is 10.1. The molecule has 1 aliphatic heterocycles. The normalized spacial score (nSPS) is 16.7. The van der Waals surface area contributed by atoms with Gasteiger partial charge < -0.3 is 9.42 Å². The van der Waals surface area contributed by atoms with Crippen molar-refractivity contribution in [3.05, 3.63) is 40.6 Å². The molecule has 154 valence electrons. The fourth-order valence-electron chi connectivity index (χ4n) is 4.13. The van der Waals surface area contributed by atoms with Crippen molar-refractivity contribution in [2.75, 3.05) is 6.54 Å². The van der Waals surface area contributed by atoms with Crippen LogP contribution in [-0.4, -0.2) is 42.1 Å². The van der Waals surface area contributed by atoms with Crippen molar-refractivity contribution in [2.45, 2.75) is 59.5 Å². The van der Waals surface area contributed by atoms with Crippen molar-refractivity contribution in [3.63, 3.8) is 0 Å². The van der Waals surface area contributed by atoms with Crippen LogP contribution in [0, 0.1) is 27.7 Å². The summed E-state index contributed by atoms with van der Waals surface area (Å²) in [5.74, 6) is 0.839. The molecule has 0 aromatic carbocycles. The number of likely N-dealkylation sites (tertiary alicyclic amines) is 1. The minimum absolute atomic E-state index is 0.0358. The number of carbonyl (C=O) groups excluding carboxylic acids is 1. The predicted octanol–water partition coefficient (Wildman–Crippen LogP) is 3.26. The zero-order chi connectivity index (χ0) is 20.7. The number of aryl methyl sites for hydroxylation is 4. The van der Waals surface area contributed by atoms with E-state index in [2.05, 4.69) is 29.2 Å². The standard InChI is InChI=1S/C21H28N6O2/c1-13-11-19(29-24-13)17-12-25(5)23-21(17)18-7-6-9-26(18)20(28)8-10-27-16(4)14(2)15(3)22-27/h11-12,18H,6-10H2,1-5H3. The fraction of sp³-hybridized carbons (Fsp3) is 0.524. The van der Waals surface area contributed by atoms with E-state index in [1.807, 2.05) is 42.7 Å². The molecule has 1 unspecified atom stereocenters. The Kier molecular flexibility index (Phi) is 5.02. The second-order valence-electron chi connectivity index (χ2n) is 7.95. The minimum Gasteiger partial charge on any atom is -0.356 e. The van der Waals surface area contributed by atoms with Crippen LogP contribution in [0.1, 0.15) is 53.6 Å². The van der Waals surface area contributed by atoms with Gasteiger partial charge in [-0.2, -0.15) is 10.2 Å². The topological polar surface area (TPSA) is 82.0 Å². The molecule has 1 atom stereocenters.